The molecule has 0 amide bonds. The Kier molecular flexibility index (Phi) is 11.1. The van der Waals surface area contributed by atoms with Gasteiger partial charge < -0.3 is 9.84 Å². The number of allylic oxidation sites excluding steroid dienone is 3. The van der Waals surface area contributed by atoms with Crippen molar-refractivity contribution in [2.75, 3.05) is 7.11 Å². The minimum absolute atomic E-state index is 0.0379. The number of rotatable bonds is 12. The van der Waals surface area contributed by atoms with Gasteiger partial charge in [0.1, 0.15) is 5.78 Å². The highest BCUT2D eigenvalue weighted by atomic mass is 16.5. The molecule has 4 heteroatoms. The molecule has 0 bridgehead atoms. The van der Waals surface area contributed by atoms with Gasteiger partial charge in [0.05, 0.1) is 13.2 Å². The quantitative estimate of drug-likeness (QED) is 0.322. The molecule has 0 spiro atoms. The Bertz CT molecular complexity index is 453. The van der Waals surface area contributed by atoms with Gasteiger partial charge in [-0.25, -0.2) is 0 Å². The Balaban J connectivity index is 2.35. The molecule has 142 valence electrons. The lowest BCUT2D eigenvalue weighted by molar-refractivity contribution is -0.140. The average molecular weight is 350 g/mol. The van der Waals surface area contributed by atoms with E-state index in [1.165, 1.54) is 7.11 Å². The molecule has 25 heavy (non-hydrogen) atoms. The number of esters is 1. The van der Waals surface area contributed by atoms with Gasteiger partial charge in [-0.3, -0.25) is 9.59 Å². The third kappa shape index (κ3) is 9.01. The lowest BCUT2D eigenvalue weighted by Crippen LogP contribution is -2.13. The first-order valence-electron chi connectivity index (χ1n) is 9.69. The summed E-state index contributed by atoms with van der Waals surface area (Å²) >= 11 is 0. The molecule has 1 N–H and O–H groups in total. The van der Waals surface area contributed by atoms with E-state index in [0.717, 1.165) is 51.4 Å². The van der Waals surface area contributed by atoms with Crippen LogP contribution in [0.3, 0.4) is 0 Å². The smallest absolute Gasteiger partial charge is 0.305 e. The fourth-order valence-electron chi connectivity index (χ4n) is 3.27. The second kappa shape index (κ2) is 12.9. The summed E-state index contributed by atoms with van der Waals surface area (Å²) in [5.41, 5.74) is 0. The molecule has 0 heterocycles. The van der Waals surface area contributed by atoms with Gasteiger partial charge in [-0.2, -0.15) is 0 Å². The third-order valence-corrected chi connectivity index (χ3v) is 4.87. The molecule has 1 fully saturated rings. The molecule has 1 saturated carbocycles. The number of hydrogen-bond donors (Lipinski definition) is 1. The second-order valence-electron chi connectivity index (χ2n) is 6.90. The van der Waals surface area contributed by atoms with Crippen molar-refractivity contribution in [2.24, 2.45) is 11.8 Å². The number of hydrogen-bond acceptors (Lipinski definition) is 4. The first-order valence-corrected chi connectivity index (χ1v) is 9.69. The van der Waals surface area contributed by atoms with Gasteiger partial charge in [0, 0.05) is 18.8 Å². The second-order valence-corrected chi connectivity index (χ2v) is 6.90. The third-order valence-electron chi connectivity index (χ3n) is 4.87. The SMILES string of the molecule is CCCCCC(O)/C=C/C1CCC(=O)C1C/C=C/CCCC(=O)OC. The van der Waals surface area contributed by atoms with Crippen LogP contribution >= 0.6 is 0 Å². The van der Waals surface area contributed by atoms with Crippen LogP contribution in [0.5, 0.6) is 0 Å². The zero-order chi connectivity index (χ0) is 18.5. The lowest BCUT2D eigenvalue weighted by Gasteiger charge is -2.13. The van der Waals surface area contributed by atoms with Gasteiger partial charge in [0.25, 0.3) is 0 Å². The minimum atomic E-state index is -0.392. The largest absolute Gasteiger partial charge is 0.469 e. The molecule has 0 aromatic carbocycles. The summed E-state index contributed by atoms with van der Waals surface area (Å²) in [7, 11) is 1.40. The molecule has 4 nitrogen and oxygen atoms in total. The van der Waals surface area contributed by atoms with Crippen molar-refractivity contribution in [2.45, 2.75) is 77.2 Å². The fourth-order valence-corrected chi connectivity index (χ4v) is 3.27. The van der Waals surface area contributed by atoms with Crippen LogP contribution in [0.25, 0.3) is 0 Å². The van der Waals surface area contributed by atoms with E-state index in [4.69, 9.17) is 0 Å². The van der Waals surface area contributed by atoms with Crippen LogP contribution in [0.15, 0.2) is 24.3 Å². The van der Waals surface area contributed by atoms with E-state index >= 15 is 0 Å². The number of aliphatic hydroxyl groups excluding tert-OH is 1. The number of ether oxygens (including phenoxy) is 1. The number of ketones is 1. The zero-order valence-corrected chi connectivity index (χ0v) is 15.8. The molecule has 0 radical (unpaired) electrons. The Morgan fingerprint density at radius 3 is 2.84 bits per heavy atom. The monoisotopic (exact) mass is 350 g/mol. The summed E-state index contributed by atoms with van der Waals surface area (Å²) < 4.78 is 4.61. The molecule has 1 rings (SSSR count). The maximum absolute atomic E-state index is 12.1. The van der Waals surface area contributed by atoms with Crippen molar-refractivity contribution >= 4 is 11.8 Å². The van der Waals surface area contributed by atoms with Crippen LogP contribution in [-0.4, -0.2) is 30.1 Å². The van der Waals surface area contributed by atoms with E-state index in [2.05, 4.69) is 29.9 Å². The molecule has 1 aliphatic carbocycles. The number of unbranched alkanes of at least 4 members (excludes halogenated alkanes) is 3. The number of methoxy groups -OCH3 is 1. The van der Waals surface area contributed by atoms with Crippen molar-refractivity contribution < 1.29 is 19.4 Å². The molecule has 0 aromatic rings. The highest BCUT2D eigenvalue weighted by Gasteiger charge is 2.31. The number of aliphatic hydroxyl groups is 1. The maximum atomic E-state index is 12.1. The first-order chi connectivity index (χ1) is 12.1. The van der Waals surface area contributed by atoms with Crippen molar-refractivity contribution in [3.8, 4) is 0 Å². The molecule has 3 unspecified atom stereocenters. The maximum Gasteiger partial charge on any atom is 0.305 e. The van der Waals surface area contributed by atoms with Crippen LogP contribution in [-0.2, 0) is 14.3 Å². The van der Waals surface area contributed by atoms with Crippen LogP contribution < -0.4 is 0 Å². The molecule has 0 saturated heterocycles. The van der Waals surface area contributed by atoms with E-state index in [9.17, 15) is 14.7 Å². The molecule has 0 aliphatic heterocycles. The Hall–Kier alpha value is -1.42. The van der Waals surface area contributed by atoms with E-state index in [0.29, 0.717) is 18.6 Å². The molecular weight excluding hydrogens is 316 g/mol. The first kappa shape index (κ1) is 21.6. The summed E-state index contributed by atoms with van der Waals surface area (Å²) in [6.07, 6.45) is 16.1. The van der Waals surface area contributed by atoms with Gasteiger partial charge in [0.15, 0.2) is 0 Å². The summed E-state index contributed by atoms with van der Waals surface area (Å²) in [5.74, 6) is 0.431. The number of Topliss-reactive ketones (excluding diaryl/α,β-unsaturated/α-hetero) is 1. The van der Waals surface area contributed by atoms with Gasteiger partial charge in [-0.15, -0.1) is 0 Å². The fraction of sp³-hybridized carbons (Fsp3) is 0.714. The van der Waals surface area contributed by atoms with Gasteiger partial charge in [-0.1, -0.05) is 50.5 Å². The molecule has 0 aromatic heterocycles. The molecular formula is C21H34O4. The van der Waals surface area contributed by atoms with Crippen LogP contribution in [0, 0.1) is 11.8 Å². The average Bonchev–Trinajstić information content (AvgIpc) is 2.96. The van der Waals surface area contributed by atoms with Gasteiger partial charge in [0.2, 0.25) is 0 Å². The Morgan fingerprint density at radius 2 is 2.12 bits per heavy atom. The number of carbonyl (C=O) groups excluding carboxylic acids is 2. The van der Waals surface area contributed by atoms with Gasteiger partial charge >= 0.3 is 5.97 Å². The van der Waals surface area contributed by atoms with Crippen LogP contribution in [0.2, 0.25) is 0 Å². The molecule has 1 aliphatic rings. The minimum Gasteiger partial charge on any atom is -0.469 e. The van der Waals surface area contributed by atoms with Crippen molar-refractivity contribution in [3.05, 3.63) is 24.3 Å². The summed E-state index contributed by atoms with van der Waals surface area (Å²) in [4.78, 5) is 23.1. The highest BCUT2D eigenvalue weighted by Crippen LogP contribution is 2.33. The Labute approximate surface area is 152 Å². The van der Waals surface area contributed by atoms with E-state index in [-0.39, 0.29) is 17.8 Å². The van der Waals surface area contributed by atoms with Crippen molar-refractivity contribution in [3.63, 3.8) is 0 Å². The normalized spacial score (nSPS) is 22.1. The topological polar surface area (TPSA) is 63.6 Å². The zero-order valence-electron chi connectivity index (χ0n) is 15.8. The van der Waals surface area contributed by atoms with Gasteiger partial charge in [-0.05, 0) is 38.0 Å². The predicted molar refractivity (Wildman–Crippen MR) is 100 cm³/mol. The summed E-state index contributed by atoms with van der Waals surface area (Å²) in [6.45, 7) is 2.15. The molecule has 3 atom stereocenters. The predicted octanol–water partition coefficient (Wildman–Crippen LogP) is 4.37. The van der Waals surface area contributed by atoms with E-state index < -0.39 is 6.10 Å². The van der Waals surface area contributed by atoms with Crippen molar-refractivity contribution in [1.29, 1.82) is 0 Å². The lowest BCUT2D eigenvalue weighted by atomic mass is 9.91. The summed E-state index contributed by atoms with van der Waals surface area (Å²) in [5, 5.41) is 10.0. The van der Waals surface area contributed by atoms with E-state index in [1.807, 2.05) is 6.08 Å². The number of carbonyl (C=O) groups is 2. The van der Waals surface area contributed by atoms with Crippen LogP contribution in [0.1, 0.15) is 71.1 Å². The van der Waals surface area contributed by atoms with E-state index in [1.54, 1.807) is 0 Å². The highest BCUT2D eigenvalue weighted by molar-refractivity contribution is 5.83. The summed E-state index contributed by atoms with van der Waals surface area (Å²) in [6, 6.07) is 0. The Morgan fingerprint density at radius 1 is 1.32 bits per heavy atom. The standard InChI is InChI=1S/C21H34O4/c1-3-4-7-10-18(22)15-13-17-14-16-20(23)19(17)11-8-5-6-9-12-21(24)25-2/h5,8,13,15,17-19,22H,3-4,6-7,9-12,14,16H2,1-2H3/b8-5+,15-13+. The van der Waals surface area contributed by atoms with Crippen molar-refractivity contribution in [1.82, 2.24) is 0 Å². The van der Waals surface area contributed by atoms with Crippen LogP contribution in [0.4, 0.5) is 0 Å².